The van der Waals surface area contributed by atoms with E-state index >= 15 is 0 Å². The fraction of sp³-hybridized carbons (Fsp3) is 0.333. The van der Waals surface area contributed by atoms with Crippen LogP contribution >= 0.6 is 24.0 Å². The molecule has 0 spiro atoms. The molecule has 0 saturated carbocycles. The Balaban J connectivity index is 0.00000182. The number of hydrogen-bond donors (Lipinski definition) is 1. The molecule has 0 aliphatic carbocycles. The van der Waals surface area contributed by atoms with Gasteiger partial charge in [0.05, 0.1) is 22.8 Å². The second-order valence-electron chi connectivity index (χ2n) is 6.13. The molecule has 1 saturated heterocycles. The van der Waals surface area contributed by atoms with Crippen molar-refractivity contribution in [1.82, 2.24) is 20.3 Å². The number of halogens is 2. The zero-order chi connectivity index (χ0) is 16.5. The number of nitrogens with zero attached hydrogens (tertiary/aromatic N) is 3. The summed E-state index contributed by atoms with van der Waals surface area (Å²) in [5, 5.41) is 12.8. The van der Waals surface area contributed by atoms with Crippen molar-refractivity contribution >= 4 is 24.0 Å². The zero-order valence-corrected chi connectivity index (χ0v) is 15.5. The molecule has 1 aliphatic heterocycles. The van der Waals surface area contributed by atoms with Gasteiger partial charge in [0.2, 0.25) is 0 Å². The summed E-state index contributed by atoms with van der Waals surface area (Å²) in [5.41, 5.74) is 3.71. The van der Waals surface area contributed by atoms with Crippen molar-refractivity contribution in [2.75, 3.05) is 13.1 Å². The molecule has 0 atom stereocenters. The Hall–Kier alpha value is -1.82. The number of nitrogens with one attached hydrogen (secondary N) is 1. The molecule has 25 heavy (non-hydrogen) atoms. The molecule has 0 amide bonds. The molecule has 3 aromatic rings. The predicted octanol–water partition coefficient (Wildman–Crippen LogP) is 4.51. The van der Waals surface area contributed by atoms with Crippen molar-refractivity contribution < 1.29 is 4.52 Å². The molecule has 0 unspecified atom stereocenters. The van der Waals surface area contributed by atoms with E-state index in [-0.39, 0.29) is 12.4 Å². The Kier molecular flexibility index (Phi) is 5.47. The topological polar surface area (TPSA) is 55.9 Å². The third kappa shape index (κ3) is 3.45. The van der Waals surface area contributed by atoms with Gasteiger partial charge < -0.3 is 9.84 Å². The minimum Gasteiger partial charge on any atom is -0.356 e. The van der Waals surface area contributed by atoms with E-state index in [0.717, 1.165) is 54.2 Å². The molecule has 0 bridgehead atoms. The molecule has 5 nitrogen and oxygen atoms in total. The second kappa shape index (κ2) is 7.60. The molecular weight excluding hydrogens is 359 g/mol. The molecule has 1 aromatic carbocycles. The van der Waals surface area contributed by atoms with Crippen LogP contribution in [0.15, 0.2) is 41.1 Å². The van der Waals surface area contributed by atoms with E-state index in [2.05, 4.69) is 27.2 Å². The molecule has 1 N–H and O–H groups in total. The molecule has 4 rings (SSSR count). The SMILES string of the molecule is Cc1c(-c2cc(-c3ccccc3Cl)no2)cnn1C1CCNCC1.Cl. The van der Waals surface area contributed by atoms with Crippen LogP contribution in [0.25, 0.3) is 22.6 Å². The third-order valence-corrected chi connectivity index (χ3v) is 4.95. The first kappa shape index (κ1) is 18.0. The Morgan fingerprint density at radius 1 is 1.20 bits per heavy atom. The van der Waals surface area contributed by atoms with Crippen LogP contribution in [0.4, 0.5) is 0 Å². The van der Waals surface area contributed by atoms with Gasteiger partial charge in [0.25, 0.3) is 0 Å². The van der Waals surface area contributed by atoms with Gasteiger partial charge in [0.1, 0.15) is 5.69 Å². The lowest BCUT2D eigenvalue weighted by atomic mass is 10.1. The third-order valence-electron chi connectivity index (χ3n) is 4.62. The summed E-state index contributed by atoms with van der Waals surface area (Å²) in [5.74, 6) is 0.725. The number of rotatable bonds is 3. The van der Waals surface area contributed by atoms with E-state index in [1.54, 1.807) is 0 Å². The number of hydrogen-bond acceptors (Lipinski definition) is 4. The molecule has 1 fully saturated rings. The molecule has 1 aliphatic rings. The Bertz CT molecular complexity index is 852. The maximum atomic E-state index is 6.25. The van der Waals surface area contributed by atoms with Crippen molar-refractivity contribution in [3.05, 3.63) is 47.2 Å². The van der Waals surface area contributed by atoms with Gasteiger partial charge in [0, 0.05) is 17.3 Å². The highest BCUT2D eigenvalue weighted by atomic mass is 35.5. The Morgan fingerprint density at radius 2 is 1.96 bits per heavy atom. The van der Waals surface area contributed by atoms with Gasteiger partial charge in [-0.15, -0.1) is 12.4 Å². The van der Waals surface area contributed by atoms with Crippen LogP contribution in [-0.2, 0) is 0 Å². The van der Waals surface area contributed by atoms with Crippen molar-refractivity contribution in [3.8, 4) is 22.6 Å². The van der Waals surface area contributed by atoms with Crippen LogP contribution in [0.5, 0.6) is 0 Å². The van der Waals surface area contributed by atoms with Crippen LogP contribution in [0.3, 0.4) is 0 Å². The van der Waals surface area contributed by atoms with E-state index in [4.69, 9.17) is 16.1 Å². The summed E-state index contributed by atoms with van der Waals surface area (Å²) < 4.78 is 7.69. The fourth-order valence-electron chi connectivity index (χ4n) is 3.28. The van der Waals surface area contributed by atoms with Crippen molar-refractivity contribution in [2.45, 2.75) is 25.8 Å². The van der Waals surface area contributed by atoms with Crippen molar-refractivity contribution in [2.24, 2.45) is 0 Å². The Labute approximate surface area is 157 Å². The quantitative estimate of drug-likeness (QED) is 0.727. The maximum Gasteiger partial charge on any atom is 0.170 e. The Morgan fingerprint density at radius 3 is 2.72 bits per heavy atom. The lowest BCUT2D eigenvalue weighted by Gasteiger charge is -2.24. The minimum atomic E-state index is 0. The van der Waals surface area contributed by atoms with E-state index in [0.29, 0.717) is 11.1 Å². The first-order valence-electron chi connectivity index (χ1n) is 8.21. The second-order valence-corrected chi connectivity index (χ2v) is 6.53. The van der Waals surface area contributed by atoms with Crippen molar-refractivity contribution in [1.29, 1.82) is 0 Å². The predicted molar refractivity (Wildman–Crippen MR) is 101 cm³/mol. The first-order chi connectivity index (χ1) is 11.7. The summed E-state index contributed by atoms with van der Waals surface area (Å²) >= 11 is 6.25. The highest BCUT2D eigenvalue weighted by Crippen LogP contribution is 2.32. The van der Waals surface area contributed by atoms with Crippen LogP contribution in [0.1, 0.15) is 24.6 Å². The van der Waals surface area contributed by atoms with Gasteiger partial charge in [0.15, 0.2) is 5.76 Å². The maximum absolute atomic E-state index is 6.25. The lowest BCUT2D eigenvalue weighted by molar-refractivity contribution is 0.338. The lowest BCUT2D eigenvalue weighted by Crippen LogP contribution is -2.30. The van der Waals surface area contributed by atoms with Crippen LogP contribution in [0.2, 0.25) is 5.02 Å². The van der Waals surface area contributed by atoms with Gasteiger partial charge in [-0.25, -0.2) is 0 Å². The molecular formula is C18H20Cl2N4O. The summed E-state index contributed by atoms with van der Waals surface area (Å²) in [4.78, 5) is 0. The summed E-state index contributed by atoms with van der Waals surface area (Å²) in [7, 11) is 0. The monoisotopic (exact) mass is 378 g/mol. The van der Waals surface area contributed by atoms with Gasteiger partial charge in [-0.3, -0.25) is 4.68 Å². The average Bonchev–Trinajstić information content (AvgIpc) is 3.23. The minimum absolute atomic E-state index is 0. The van der Waals surface area contributed by atoms with Crippen molar-refractivity contribution in [3.63, 3.8) is 0 Å². The molecule has 3 heterocycles. The first-order valence-corrected chi connectivity index (χ1v) is 8.58. The molecule has 0 radical (unpaired) electrons. The summed E-state index contributed by atoms with van der Waals surface area (Å²) in [6.45, 7) is 4.17. The van der Waals surface area contributed by atoms with E-state index in [1.807, 2.05) is 36.5 Å². The largest absolute Gasteiger partial charge is 0.356 e. The van der Waals surface area contributed by atoms with Gasteiger partial charge in [-0.05, 0) is 38.9 Å². The molecule has 2 aromatic heterocycles. The highest BCUT2D eigenvalue weighted by Gasteiger charge is 2.21. The number of benzene rings is 1. The number of aromatic nitrogens is 3. The van der Waals surface area contributed by atoms with E-state index in [9.17, 15) is 0 Å². The van der Waals surface area contributed by atoms with Crippen LogP contribution < -0.4 is 5.32 Å². The highest BCUT2D eigenvalue weighted by molar-refractivity contribution is 6.33. The summed E-state index contributed by atoms with van der Waals surface area (Å²) in [6, 6.07) is 10.0. The number of piperidine rings is 1. The standard InChI is InChI=1S/C18H19ClN4O.ClH/c1-12-15(11-21-23(12)13-6-8-20-9-7-13)18-10-17(22-24-18)14-4-2-3-5-16(14)19;/h2-5,10-11,13,20H,6-9H2,1H3;1H. The zero-order valence-electron chi connectivity index (χ0n) is 13.9. The van der Waals surface area contributed by atoms with E-state index < -0.39 is 0 Å². The smallest absolute Gasteiger partial charge is 0.170 e. The molecule has 132 valence electrons. The van der Waals surface area contributed by atoms with Gasteiger partial charge in [-0.2, -0.15) is 5.10 Å². The van der Waals surface area contributed by atoms with Crippen LogP contribution in [-0.4, -0.2) is 28.0 Å². The molecule has 7 heteroatoms. The van der Waals surface area contributed by atoms with Gasteiger partial charge in [-0.1, -0.05) is 35.0 Å². The summed E-state index contributed by atoms with van der Waals surface area (Å²) in [6.07, 6.45) is 4.07. The van der Waals surface area contributed by atoms with Crippen LogP contribution in [0, 0.1) is 6.92 Å². The van der Waals surface area contributed by atoms with E-state index in [1.165, 1.54) is 0 Å². The average molecular weight is 379 g/mol. The van der Waals surface area contributed by atoms with Gasteiger partial charge >= 0.3 is 0 Å². The normalized spacial score (nSPS) is 15.1. The fourth-order valence-corrected chi connectivity index (χ4v) is 3.52.